The number of esters is 1. The molecule has 1 aromatic heterocycles. The van der Waals surface area contributed by atoms with Crippen molar-refractivity contribution in [3.63, 3.8) is 0 Å². The van der Waals surface area contributed by atoms with Crippen molar-refractivity contribution in [2.75, 3.05) is 6.61 Å². The minimum Gasteiger partial charge on any atom is -0.490 e. The Morgan fingerprint density at radius 1 is 1.00 bits per heavy atom. The summed E-state index contributed by atoms with van der Waals surface area (Å²) >= 11 is 0. The Hall–Kier alpha value is -2.57. The summed E-state index contributed by atoms with van der Waals surface area (Å²) in [5.41, 5.74) is 1.72. The van der Waals surface area contributed by atoms with E-state index in [2.05, 4.69) is 16.9 Å². The standard InChI is InChI=1S/C30H42F2N2O3/c1-3-5-7-8-9-10-23-19-33-29(34-20-23)24-14-17-28(27(32)18-24)36-21-22-12-15-25(16-13-22)37-30(35)26(31)11-6-4-2/h14,17-20,22,25-26H,3-13,15-16,21H2,1-2H3/t22-,25-,26-/m0/s1. The van der Waals surface area contributed by atoms with Crippen LogP contribution in [0.5, 0.6) is 5.75 Å². The summed E-state index contributed by atoms with van der Waals surface area (Å²) in [6, 6.07) is 4.82. The van der Waals surface area contributed by atoms with E-state index in [4.69, 9.17) is 9.47 Å². The van der Waals surface area contributed by atoms with Crippen molar-refractivity contribution in [2.45, 2.75) is 110 Å². The first kappa shape index (κ1) is 29.0. The molecule has 3 rings (SSSR count). The molecule has 0 bridgehead atoms. The van der Waals surface area contributed by atoms with Gasteiger partial charge in [-0.05, 0) is 74.6 Å². The first-order valence-electron chi connectivity index (χ1n) is 14.1. The van der Waals surface area contributed by atoms with Crippen molar-refractivity contribution >= 4 is 5.97 Å². The van der Waals surface area contributed by atoms with Gasteiger partial charge in [-0.2, -0.15) is 0 Å². The van der Waals surface area contributed by atoms with Gasteiger partial charge in [-0.1, -0.05) is 52.4 Å². The number of nitrogens with zero attached hydrogens (tertiary/aromatic N) is 2. The Morgan fingerprint density at radius 3 is 2.38 bits per heavy atom. The van der Waals surface area contributed by atoms with Gasteiger partial charge in [0.2, 0.25) is 0 Å². The molecule has 1 atom stereocenters. The molecule has 0 unspecified atom stereocenters. The van der Waals surface area contributed by atoms with Crippen molar-refractivity contribution in [1.82, 2.24) is 9.97 Å². The second kappa shape index (κ2) is 15.6. The van der Waals surface area contributed by atoms with Crippen LogP contribution in [0.3, 0.4) is 0 Å². The first-order chi connectivity index (χ1) is 18.0. The molecule has 5 nitrogen and oxygen atoms in total. The molecule has 0 radical (unpaired) electrons. The van der Waals surface area contributed by atoms with Gasteiger partial charge in [-0.3, -0.25) is 0 Å². The molecule has 7 heteroatoms. The van der Waals surface area contributed by atoms with Gasteiger partial charge in [0, 0.05) is 18.0 Å². The molecule has 1 aliphatic carbocycles. The molecule has 204 valence electrons. The van der Waals surface area contributed by atoms with E-state index in [1.54, 1.807) is 12.1 Å². The fraction of sp³-hybridized carbons (Fsp3) is 0.633. The van der Waals surface area contributed by atoms with Gasteiger partial charge in [-0.25, -0.2) is 23.5 Å². The molecule has 1 saturated carbocycles. The van der Waals surface area contributed by atoms with Crippen LogP contribution in [-0.4, -0.2) is 34.8 Å². The van der Waals surface area contributed by atoms with Crippen molar-refractivity contribution < 1.29 is 23.0 Å². The number of hydrogen-bond donors (Lipinski definition) is 0. The number of alkyl halides is 1. The average Bonchev–Trinajstić information content (AvgIpc) is 2.92. The van der Waals surface area contributed by atoms with Crippen LogP contribution in [0, 0.1) is 11.7 Å². The predicted molar refractivity (Wildman–Crippen MR) is 142 cm³/mol. The zero-order valence-electron chi connectivity index (χ0n) is 22.4. The maximum absolute atomic E-state index is 14.7. The van der Waals surface area contributed by atoms with E-state index in [9.17, 15) is 13.6 Å². The van der Waals surface area contributed by atoms with Crippen LogP contribution < -0.4 is 4.74 Å². The number of hydrogen-bond acceptors (Lipinski definition) is 5. The highest BCUT2D eigenvalue weighted by Crippen LogP contribution is 2.29. The molecule has 1 aromatic carbocycles. The maximum Gasteiger partial charge on any atom is 0.340 e. The largest absolute Gasteiger partial charge is 0.490 e. The van der Waals surface area contributed by atoms with E-state index in [1.165, 1.54) is 31.7 Å². The highest BCUT2D eigenvalue weighted by molar-refractivity contribution is 5.74. The van der Waals surface area contributed by atoms with Crippen LogP contribution in [0.2, 0.25) is 0 Å². The normalized spacial score (nSPS) is 18.4. The van der Waals surface area contributed by atoms with E-state index >= 15 is 0 Å². The van der Waals surface area contributed by atoms with Crippen LogP contribution in [-0.2, 0) is 16.0 Å². The van der Waals surface area contributed by atoms with Gasteiger partial charge in [0.05, 0.1) is 6.61 Å². The van der Waals surface area contributed by atoms with Gasteiger partial charge >= 0.3 is 5.97 Å². The lowest BCUT2D eigenvalue weighted by molar-refractivity contribution is -0.157. The molecular formula is C30H42F2N2O3. The summed E-state index contributed by atoms with van der Waals surface area (Å²) in [6.07, 6.45) is 13.7. The molecule has 1 heterocycles. The minimum atomic E-state index is -1.53. The second-order valence-electron chi connectivity index (χ2n) is 10.2. The molecule has 37 heavy (non-hydrogen) atoms. The number of carbonyl (C=O) groups is 1. The number of unbranched alkanes of at least 4 members (excludes halogenated alkanes) is 5. The number of ether oxygens (including phenoxy) is 2. The molecule has 1 fully saturated rings. The SMILES string of the molecule is CCCCCCCc1cnc(-c2ccc(OC[C@H]3CC[C@H](OC(=O)[C@@H](F)CCCC)CC3)c(F)c2)nc1. The molecular weight excluding hydrogens is 474 g/mol. The topological polar surface area (TPSA) is 61.3 Å². The van der Waals surface area contributed by atoms with E-state index < -0.39 is 18.0 Å². The van der Waals surface area contributed by atoms with E-state index in [0.29, 0.717) is 37.3 Å². The number of halogens is 2. The Kier molecular flexibility index (Phi) is 12.2. The summed E-state index contributed by atoms with van der Waals surface area (Å²) in [5.74, 6) is -0.232. The number of carbonyl (C=O) groups excluding carboxylic acids is 1. The lowest BCUT2D eigenvalue weighted by Crippen LogP contribution is -2.30. The van der Waals surface area contributed by atoms with Crippen molar-refractivity contribution in [3.8, 4) is 17.1 Å². The first-order valence-corrected chi connectivity index (χ1v) is 14.1. The fourth-order valence-electron chi connectivity index (χ4n) is 4.69. The van der Waals surface area contributed by atoms with E-state index in [0.717, 1.165) is 37.7 Å². The van der Waals surface area contributed by atoms with E-state index in [1.807, 2.05) is 19.3 Å². The van der Waals surface area contributed by atoms with Crippen molar-refractivity contribution in [3.05, 3.63) is 42.0 Å². The summed E-state index contributed by atoms with van der Waals surface area (Å²) in [7, 11) is 0. The summed E-state index contributed by atoms with van der Waals surface area (Å²) in [4.78, 5) is 20.8. The second-order valence-corrected chi connectivity index (χ2v) is 10.2. The number of benzene rings is 1. The molecule has 0 aliphatic heterocycles. The molecule has 2 aromatic rings. The summed E-state index contributed by atoms with van der Waals surface area (Å²) in [5, 5.41) is 0. The Balaban J connectivity index is 1.41. The average molecular weight is 517 g/mol. The maximum atomic E-state index is 14.7. The smallest absolute Gasteiger partial charge is 0.340 e. The lowest BCUT2D eigenvalue weighted by atomic mass is 9.88. The highest BCUT2D eigenvalue weighted by Gasteiger charge is 2.27. The molecule has 0 amide bonds. The van der Waals surface area contributed by atoms with E-state index in [-0.39, 0.29) is 24.2 Å². The molecule has 0 saturated heterocycles. The summed E-state index contributed by atoms with van der Waals surface area (Å²) < 4.78 is 39.7. The molecule has 0 N–H and O–H groups in total. The number of rotatable bonds is 15. The monoisotopic (exact) mass is 516 g/mol. The predicted octanol–water partition coefficient (Wildman–Crippen LogP) is 7.80. The molecule has 1 aliphatic rings. The third-order valence-corrected chi connectivity index (χ3v) is 7.08. The number of aryl methyl sites for hydroxylation is 1. The van der Waals surface area contributed by atoms with Crippen LogP contribution >= 0.6 is 0 Å². The van der Waals surface area contributed by atoms with Gasteiger partial charge in [0.1, 0.15) is 6.10 Å². The Bertz CT molecular complexity index is 946. The van der Waals surface area contributed by atoms with Gasteiger partial charge in [0.25, 0.3) is 0 Å². The third-order valence-electron chi connectivity index (χ3n) is 7.08. The third kappa shape index (κ3) is 9.67. The van der Waals surface area contributed by atoms with Gasteiger partial charge in [0.15, 0.2) is 23.6 Å². The quantitative estimate of drug-likeness (QED) is 0.178. The molecule has 0 spiro atoms. The number of aromatic nitrogens is 2. The summed E-state index contributed by atoms with van der Waals surface area (Å²) in [6.45, 7) is 4.57. The fourth-order valence-corrected chi connectivity index (χ4v) is 4.69. The minimum absolute atomic E-state index is 0.206. The van der Waals surface area contributed by atoms with Crippen LogP contribution in [0.4, 0.5) is 8.78 Å². The zero-order valence-corrected chi connectivity index (χ0v) is 22.4. The zero-order chi connectivity index (χ0) is 26.5. The van der Waals surface area contributed by atoms with Crippen LogP contribution in [0.1, 0.15) is 96.5 Å². The van der Waals surface area contributed by atoms with Crippen molar-refractivity contribution in [1.29, 1.82) is 0 Å². The lowest BCUT2D eigenvalue weighted by Gasteiger charge is -2.28. The van der Waals surface area contributed by atoms with Crippen molar-refractivity contribution in [2.24, 2.45) is 5.92 Å². The Morgan fingerprint density at radius 2 is 1.70 bits per heavy atom. The van der Waals surface area contributed by atoms with Gasteiger partial charge < -0.3 is 9.47 Å². The van der Waals surface area contributed by atoms with Gasteiger partial charge in [-0.15, -0.1) is 0 Å². The highest BCUT2D eigenvalue weighted by atomic mass is 19.1. The van der Waals surface area contributed by atoms with Crippen LogP contribution in [0.15, 0.2) is 30.6 Å². The Labute approximate surface area is 220 Å². The van der Waals surface area contributed by atoms with Crippen LogP contribution in [0.25, 0.3) is 11.4 Å².